The molecular weight excluding hydrogens is 130 g/mol. The van der Waals surface area contributed by atoms with Crippen molar-refractivity contribution in [2.24, 2.45) is 0 Å². The Kier molecular flexibility index (Phi) is 12.6. The van der Waals surface area contributed by atoms with Crippen molar-refractivity contribution < 1.29 is 19.8 Å². The number of carboxylic acids is 2. The largest absolute Gasteiger partial charge is 0.473 e. The molecule has 0 aromatic carbocycles. The van der Waals surface area contributed by atoms with Gasteiger partial charge in [0.1, 0.15) is 0 Å². The highest BCUT2D eigenvalue weighted by Crippen LogP contribution is 1.56. The van der Waals surface area contributed by atoms with Gasteiger partial charge in [-0.3, -0.25) is 0 Å². The molecule has 0 fully saturated rings. The van der Waals surface area contributed by atoms with Gasteiger partial charge in [0, 0.05) is 0 Å². The summed E-state index contributed by atoms with van der Waals surface area (Å²) in [6.45, 7) is 0. The van der Waals surface area contributed by atoms with Crippen molar-refractivity contribution in [3.63, 3.8) is 0 Å². The fourth-order valence-corrected chi connectivity index (χ4v) is 0. The Morgan fingerprint density at radius 1 is 1.00 bits per heavy atom. The van der Waals surface area contributed by atoms with Gasteiger partial charge in [0.05, 0.1) is 8.41 Å². The van der Waals surface area contributed by atoms with E-state index < -0.39 is 11.9 Å². The van der Waals surface area contributed by atoms with E-state index in [4.69, 9.17) is 19.8 Å². The minimum Gasteiger partial charge on any atom is -0.473 e. The molecule has 0 aromatic rings. The molecule has 0 rings (SSSR count). The van der Waals surface area contributed by atoms with Crippen LogP contribution in [0, 0.1) is 0 Å². The van der Waals surface area contributed by atoms with Crippen molar-refractivity contribution in [3.05, 3.63) is 0 Å². The monoisotopic (exact) mass is 138 g/mol. The van der Waals surface area contributed by atoms with Gasteiger partial charge < -0.3 is 10.2 Å². The number of carboxylic acid groups (broad SMARTS) is 2. The average molecular weight is 138 g/mol. The molecular formula is C2H8BO4P. The number of hydrogen-bond acceptors (Lipinski definition) is 2. The quantitative estimate of drug-likeness (QED) is 0.231. The average Bonchev–Trinajstić information content (AvgIpc) is 1.36. The summed E-state index contributed by atoms with van der Waals surface area (Å²) >= 11 is 0. The molecule has 0 aliphatic rings. The molecule has 2 N–H and O–H groups in total. The molecule has 48 valence electrons. The van der Waals surface area contributed by atoms with E-state index in [0.29, 0.717) is 0 Å². The SMILES string of the molecule is B.O=C(O)C(=O)O.P. The van der Waals surface area contributed by atoms with Crippen molar-refractivity contribution >= 4 is 30.3 Å². The van der Waals surface area contributed by atoms with E-state index in [9.17, 15) is 0 Å². The number of rotatable bonds is 0. The summed E-state index contributed by atoms with van der Waals surface area (Å²) in [7, 11) is 0. The highest BCUT2D eigenvalue weighted by Gasteiger charge is 2.04. The van der Waals surface area contributed by atoms with E-state index in [-0.39, 0.29) is 18.3 Å². The van der Waals surface area contributed by atoms with Crippen LogP contribution in [0.4, 0.5) is 0 Å². The van der Waals surface area contributed by atoms with Gasteiger partial charge in [-0.15, -0.1) is 0 Å². The zero-order valence-electron chi connectivity index (χ0n) is 3.42. The lowest BCUT2D eigenvalue weighted by Gasteiger charge is -1.72. The van der Waals surface area contributed by atoms with Crippen LogP contribution in [0.5, 0.6) is 0 Å². The number of carbonyl (C=O) groups is 2. The number of aliphatic carboxylic acids is 2. The normalized spacial score (nSPS) is 5.50. The Morgan fingerprint density at radius 2 is 1.12 bits per heavy atom. The van der Waals surface area contributed by atoms with Crippen molar-refractivity contribution in [1.29, 1.82) is 0 Å². The van der Waals surface area contributed by atoms with Gasteiger partial charge in [0.2, 0.25) is 0 Å². The van der Waals surface area contributed by atoms with E-state index in [0.717, 1.165) is 0 Å². The van der Waals surface area contributed by atoms with Crippen LogP contribution in [0.15, 0.2) is 0 Å². The summed E-state index contributed by atoms with van der Waals surface area (Å²) in [5, 5.41) is 14.8. The molecule has 4 nitrogen and oxygen atoms in total. The van der Waals surface area contributed by atoms with Gasteiger partial charge in [0.25, 0.3) is 0 Å². The Bertz CT molecular complexity index is 80.0. The van der Waals surface area contributed by atoms with Gasteiger partial charge >= 0.3 is 11.9 Å². The first-order chi connectivity index (χ1) is 2.64. The van der Waals surface area contributed by atoms with Crippen LogP contribution in [0.25, 0.3) is 0 Å². The molecule has 0 aliphatic carbocycles. The molecule has 0 saturated carbocycles. The summed E-state index contributed by atoms with van der Waals surface area (Å²) < 4.78 is 0. The minimum absolute atomic E-state index is 0. The lowest BCUT2D eigenvalue weighted by Crippen LogP contribution is -2.09. The third-order valence-corrected chi connectivity index (χ3v) is 0.183. The molecule has 6 heteroatoms. The molecule has 1 unspecified atom stereocenters. The molecule has 0 spiro atoms. The van der Waals surface area contributed by atoms with E-state index >= 15 is 0 Å². The zero-order valence-corrected chi connectivity index (χ0v) is 4.83. The first-order valence-corrected chi connectivity index (χ1v) is 1.11. The summed E-state index contributed by atoms with van der Waals surface area (Å²) in [5.41, 5.74) is 0. The topological polar surface area (TPSA) is 74.6 Å². The number of hydrogen-bond donors (Lipinski definition) is 2. The standard InChI is InChI=1S/C2H2O4.BH3.H3P/c3-1(4)2(5)6;;/h(H,3,4)(H,5,6);2*1H3. The molecule has 0 saturated heterocycles. The van der Waals surface area contributed by atoms with Crippen LogP contribution < -0.4 is 0 Å². The van der Waals surface area contributed by atoms with E-state index in [1.807, 2.05) is 0 Å². The lowest BCUT2D eigenvalue weighted by molar-refractivity contribution is -0.159. The summed E-state index contributed by atoms with van der Waals surface area (Å²) in [6.07, 6.45) is 0. The molecule has 0 bridgehead atoms. The zero-order chi connectivity index (χ0) is 5.15. The Labute approximate surface area is 51.1 Å². The van der Waals surface area contributed by atoms with Crippen LogP contribution in [0.3, 0.4) is 0 Å². The Morgan fingerprint density at radius 3 is 1.12 bits per heavy atom. The van der Waals surface area contributed by atoms with Gasteiger partial charge in [0.15, 0.2) is 0 Å². The van der Waals surface area contributed by atoms with Crippen LogP contribution in [0.1, 0.15) is 0 Å². The second kappa shape index (κ2) is 6.43. The van der Waals surface area contributed by atoms with Gasteiger partial charge in [-0.25, -0.2) is 9.59 Å². The fourth-order valence-electron chi connectivity index (χ4n) is 0. The molecule has 0 radical (unpaired) electrons. The predicted octanol–water partition coefficient (Wildman–Crippen LogP) is -1.97. The third kappa shape index (κ3) is 9.06. The highest BCUT2D eigenvalue weighted by atomic mass is 31.0. The van der Waals surface area contributed by atoms with Gasteiger partial charge in [-0.2, -0.15) is 9.90 Å². The lowest BCUT2D eigenvalue weighted by atomic mass is 10.7. The second-order valence-electron chi connectivity index (χ2n) is 0.610. The third-order valence-electron chi connectivity index (χ3n) is 0.183. The Balaban J connectivity index is -0.000000125. The first-order valence-electron chi connectivity index (χ1n) is 1.11. The van der Waals surface area contributed by atoms with E-state index in [1.165, 1.54) is 0 Å². The van der Waals surface area contributed by atoms with Crippen molar-refractivity contribution in [2.45, 2.75) is 0 Å². The van der Waals surface area contributed by atoms with Crippen molar-refractivity contribution in [2.75, 3.05) is 0 Å². The van der Waals surface area contributed by atoms with Crippen LogP contribution in [-0.2, 0) is 9.59 Å². The summed E-state index contributed by atoms with van der Waals surface area (Å²) in [5.74, 6) is -3.65. The van der Waals surface area contributed by atoms with Crippen LogP contribution in [-0.4, -0.2) is 30.6 Å². The van der Waals surface area contributed by atoms with Gasteiger partial charge in [-0.1, -0.05) is 0 Å². The van der Waals surface area contributed by atoms with E-state index in [2.05, 4.69) is 0 Å². The van der Waals surface area contributed by atoms with Crippen LogP contribution >= 0.6 is 9.90 Å². The maximum absolute atomic E-state index is 9.10. The summed E-state index contributed by atoms with van der Waals surface area (Å²) in [6, 6.07) is 0. The first kappa shape index (κ1) is 15.7. The smallest absolute Gasteiger partial charge is 0.414 e. The fraction of sp³-hybridized carbons (Fsp3) is 0. The molecule has 0 heterocycles. The second-order valence-corrected chi connectivity index (χ2v) is 0.610. The Hall–Kier alpha value is -0.565. The summed E-state index contributed by atoms with van der Waals surface area (Å²) in [4.78, 5) is 18.2. The molecule has 8 heavy (non-hydrogen) atoms. The van der Waals surface area contributed by atoms with Crippen molar-refractivity contribution in [1.82, 2.24) is 0 Å². The van der Waals surface area contributed by atoms with Gasteiger partial charge in [-0.05, 0) is 0 Å². The molecule has 1 atom stereocenters. The van der Waals surface area contributed by atoms with Crippen molar-refractivity contribution in [3.8, 4) is 0 Å². The maximum atomic E-state index is 9.10. The highest BCUT2D eigenvalue weighted by molar-refractivity contribution is 6.92. The maximum Gasteiger partial charge on any atom is 0.414 e. The molecule has 0 amide bonds. The minimum atomic E-state index is -1.82. The molecule has 0 aromatic heterocycles. The predicted molar refractivity (Wildman–Crippen MR) is 36.3 cm³/mol. The van der Waals surface area contributed by atoms with Crippen LogP contribution in [0.2, 0.25) is 0 Å². The molecule has 0 aliphatic heterocycles. The van der Waals surface area contributed by atoms with E-state index in [1.54, 1.807) is 0 Å².